The fraction of sp³-hybridized carbons (Fsp3) is 0.167. The minimum Gasteiger partial charge on any atom is -0.387 e. The van der Waals surface area contributed by atoms with Crippen LogP contribution in [0.5, 0.6) is 0 Å². The Hall–Kier alpha value is -2.34. The summed E-state index contributed by atoms with van der Waals surface area (Å²) in [5.74, 6) is 0. The molecule has 1 heterocycles. The van der Waals surface area contributed by atoms with E-state index in [1.54, 1.807) is 16.8 Å². The Morgan fingerprint density at radius 2 is 1.89 bits per heavy atom. The number of aliphatic hydroxyl groups excluding tert-OH is 1. The van der Waals surface area contributed by atoms with Crippen molar-refractivity contribution in [2.24, 2.45) is 0 Å². The molecule has 1 atom stereocenters. The van der Waals surface area contributed by atoms with E-state index in [9.17, 15) is 15.2 Å². The Balaban J connectivity index is 1.96. The van der Waals surface area contributed by atoms with Crippen LogP contribution in [-0.4, -0.2) is 21.3 Å². The standard InChI is InChI=1S/C12H13N3O3/c16-12(9-13-14-7-1-2-8-14)10-3-5-11(6-4-10)15(17)18/h1-8,12-13,16H,9H2. The van der Waals surface area contributed by atoms with Gasteiger partial charge in [0.2, 0.25) is 0 Å². The van der Waals surface area contributed by atoms with Gasteiger partial charge in [-0.2, -0.15) is 0 Å². The Labute approximate surface area is 104 Å². The van der Waals surface area contributed by atoms with Gasteiger partial charge in [0.1, 0.15) is 0 Å². The van der Waals surface area contributed by atoms with Crippen LogP contribution < -0.4 is 5.43 Å². The number of hydrogen-bond donors (Lipinski definition) is 2. The van der Waals surface area contributed by atoms with E-state index in [-0.39, 0.29) is 5.69 Å². The molecule has 0 aliphatic rings. The van der Waals surface area contributed by atoms with Gasteiger partial charge in [0.05, 0.1) is 17.6 Å². The van der Waals surface area contributed by atoms with E-state index in [0.717, 1.165) is 0 Å². The second-order valence-electron chi connectivity index (χ2n) is 3.82. The highest BCUT2D eigenvalue weighted by molar-refractivity contribution is 5.33. The fourth-order valence-electron chi connectivity index (χ4n) is 1.57. The predicted molar refractivity (Wildman–Crippen MR) is 66.7 cm³/mol. The molecular formula is C12H13N3O3. The van der Waals surface area contributed by atoms with E-state index >= 15 is 0 Å². The van der Waals surface area contributed by atoms with E-state index < -0.39 is 11.0 Å². The third-order valence-corrected chi connectivity index (χ3v) is 2.56. The van der Waals surface area contributed by atoms with E-state index in [1.165, 1.54) is 12.1 Å². The fourth-order valence-corrected chi connectivity index (χ4v) is 1.57. The highest BCUT2D eigenvalue weighted by atomic mass is 16.6. The highest BCUT2D eigenvalue weighted by Gasteiger charge is 2.10. The summed E-state index contributed by atoms with van der Waals surface area (Å²) in [5.41, 5.74) is 3.65. The summed E-state index contributed by atoms with van der Waals surface area (Å²) >= 11 is 0. The van der Waals surface area contributed by atoms with Crippen LogP contribution in [0.25, 0.3) is 0 Å². The Morgan fingerprint density at radius 3 is 2.44 bits per heavy atom. The third kappa shape index (κ3) is 2.86. The molecule has 94 valence electrons. The van der Waals surface area contributed by atoms with Crippen molar-refractivity contribution in [3.05, 3.63) is 64.5 Å². The molecule has 0 saturated carbocycles. The van der Waals surface area contributed by atoms with Crippen LogP contribution in [0, 0.1) is 10.1 Å². The number of nitro benzene ring substituents is 1. The van der Waals surface area contributed by atoms with Crippen LogP contribution in [0.15, 0.2) is 48.8 Å². The number of non-ortho nitro benzene ring substituents is 1. The summed E-state index contributed by atoms with van der Waals surface area (Å²) in [4.78, 5) is 10.0. The summed E-state index contributed by atoms with van der Waals surface area (Å²) in [6.07, 6.45) is 2.93. The maximum atomic E-state index is 10.5. The minimum absolute atomic E-state index is 0.0179. The Bertz CT molecular complexity index is 508. The maximum Gasteiger partial charge on any atom is 0.269 e. The average Bonchev–Trinajstić information content (AvgIpc) is 2.89. The average molecular weight is 247 g/mol. The van der Waals surface area contributed by atoms with E-state index in [2.05, 4.69) is 5.43 Å². The van der Waals surface area contributed by atoms with Gasteiger partial charge in [-0.25, -0.2) is 0 Å². The molecule has 0 amide bonds. The van der Waals surface area contributed by atoms with Crippen molar-refractivity contribution in [3.8, 4) is 0 Å². The zero-order chi connectivity index (χ0) is 13.0. The van der Waals surface area contributed by atoms with E-state index in [0.29, 0.717) is 12.1 Å². The second-order valence-corrected chi connectivity index (χ2v) is 3.82. The minimum atomic E-state index is -0.715. The second kappa shape index (κ2) is 5.33. The van der Waals surface area contributed by atoms with Crippen LogP contribution in [0.4, 0.5) is 5.69 Å². The molecule has 1 aromatic heterocycles. The van der Waals surface area contributed by atoms with Crippen LogP contribution in [0.3, 0.4) is 0 Å². The Morgan fingerprint density at radius 1 is 1.28 bits per heavy atom. The number of benzene rings is 1. The summed E-state index contributed by atoms with van der Waals surface area (Å²) in [6.45, 7) is 0.326. The smallest absolute Gasteiger partial charge is 0.269 e. The van der Waals surface area contributed by atoms with Gasteiger partial charge in [0.25, 0.3) is 5.69 Å². The molecule has 6 nitrogen and oxygen atoms in total. The van der Waals surface area contributed by atoms with Crippen molar-refractivity contribution < 1.29 is 10.0 Å². The largest absolute Gasteiger partial charge is 0.387 e. The first-order valence-corrected chi connectivity index (χ1v) is 5.46. The summed E-state index contributed by atoms with van der Waals surface area (Å²) in [7, 11) is 0. The number of hydrogen-bond acceptors (Lipinski definition) is 4. The van der Waals surface area contributed by atoms with E-state index in [1.807, 2.05) is 24.5 Å². The van der Waals surface area contributed by atoms with Gasteiger partial charge in [0.15, 0.2) is 0 Å². The summed E-state index contributed by atoms with van der Waals surface area (Å²) in [5, 5.41) is 20.4. The number of rotatable bonds is 5. The van der Waals surface area contributed by atoms with Gasteiger partial charge in [-0.05, 0) is 29.8 Å². The normalized spacial score (nSPS) is 12.1. The van der Waals surface area contributed by atoms with Gasteiger partial charge in [-0.3, -0.25) is 14.8 Å². The molecule has 2 N–H and O–H groups in total. The molecule has 2 aromatic rings. The summed E-state index contributed by atoms with van der Waals surface area (Å²) < 4.78 is 1.73. The van der Waals surface area contributed by atoms with Crippen LogP contribution in [0.1, 0.15) is 11.7 Å². The summed E-state index contributed by atoms with van der Waals surface area (Å²) in [6, 6.07) is 9.61. The number of nitro groups is 1. The van der Waals surface area contributed by atoms with Crippen LogP contribution >= 0.6 is 0 Å². The molecule has 2 rings (SSSR count). The first-order valence-electron chi connectivity index (χ1n) is 5.46. The first-order chi connectivity index (χ1) is 8.66. The van der Waals surface area contributed by atoms with Gasteiger partial charge in [-0.15, -0.1) is 0 Å². The zero-order valence-electron chi connectivity index (χ0n) is 9.56. The van der Waals surface area contributed by atoms with Gasteiger partial charge in [0, 0.05) is 24.5 Å². The van der Waals surface area contributed by atoms with Gasteiger partial charge in [-0.1, -0.05) is 0 Å². The number of nitrogens with one attached hydrogen (secondary N) is 1. The first kappa shape index (κ1) is 12.1. The molecule has 0 spiro atoms. The molecule has 0 bridgehead atoms. The highest BCUT2D eigenvalue weighted by Crippen LogP contribution is 2.17. The predicted octanol–water partition coefficient (Wildman–Crippen LogP) is 1.67. The number of aliphatic hydroxyl groups is 1. The lowest BCUT2D eigenvalue weighted by Gasteiger charge is -2.13. The van der Waals surface area contributed by atoms with Crippen molar-refractivity contribution in [1.82, 2.24) is 4.68 Å². The lowest BCUT2D eigenvalue weighted by molar-refractivity contribution is -0.384. The maximum absolute atomic E-state index is 10.5. The molecule has 0 aliphatic heterocycles. The molecule has 0 fully saturated rings. The molecule has 1 unspecified atom stereocenters. The molecule has 0 aliphatic carbocycles. The molecule has 18 heavy (non-hydrogen) atoms. The molecule has 0 saturated heterocycles. The SMILES string of the molecule is O=[N+]([O-])c1ccc(C(O)CNn2cccc2)cc1. The number of nitrogens with zero attached hydrogens (tertiary/aromatic N) is 2. The van der Waals surface area contributed by atoms with Gasteiger partial charge >= 0.3 is 0 Å². The Kier molecular flexibility index (Phi) is 3.59. The monoisotopic (exact) mass is 247 g/mol. The topological polar surface area (TPSA) is 80.3 Å². The molecule has 0 radical (unpaired) electrons. The molecular weight excluding hydrogens is 234 g/mol. The molecule has 1 aromatic carbocycles. The van der Waals surface area contributed by atoms with Crippen LogP contribution in [-0.2, 0) is 0 Å². The number of aromatic nitrogens is 1. The van der Waals surface area contributed by atoms with Crippen molar-refractivity contribution in [2.45, 2.75) is 6.10 Å². The lowest BCUT2D eigenvalue weighted by atomic mass is 10.1. The van der Waals surface area contributed by atoms with E-state index in [4.69, 9.17) is 0 Å². The van der Waals surface area contributed by atoms with Crippen molar-refractivity contribution in [1.29, 1.82) is 0 Å². The third-order valence-electron chi connectivity index (χ3n) is 2.56. The molecule has 6 heteroatoms. The van der Waals surface area contributed by atoms with Crippen molar-refractivity contribution in [3.63, 3.8) is 0 Å². The van der Waals surface area contributed by atoms with Gasteiger partial charge < -0.3 is 10.5 Å². The zero-order valence-corrected chi connectivity index (χ0v) is 9.56. The van der Waals surface area contributed by atoms with Crippen molar-refractivity contribution in [2.75, 3.05) is 12.0 Å². The lowest BCUT2D eigenvalue weighted by Crippen LogP contribution is -2.19. The quantitative estimate of drug-likeness (QED) is 0.622. The van der Waals surface area contributed by atoms with Crippen molar-refractivity contribution >= 4 is 5.69 Å². The van der Waals surface area contributed by atoms with Crippen LogP contribution in [0.2, 0.25) is 0 Å².